The highest BCUT2D eigenvalue weighted by Crippen LogP contribution is 2.19. The SMILES string of the molecule is COC(=O)c1c(C)n(C)c(=O)c2ccccc12. The average Bonchev–Trinajstić information content (AvgIpc) is 2.36. The van der Waals surface area contributed by atoms with Gasteiger partial charge < -0.3 is 9.30 Å². The van der Waals surface area contributed by atoms with E-state index >= 15 is 0 Å². The van der Waals surface area contributed by atoms with Gasteiger partial charge in [-0.3, -0.25) is 4.79 Å². The molecule has 0 saturated carbocycles. The Hall–Kier alpha value is -2.10. The molecule has 1 aromatic carbocycles. The van der Waals surface area contributed by atoms with Gasteiger partial charge in [-0.1, -0.05) is 18.2 Å². The minimum atomic E-state index is -0.422. The minimum Gasteiger partial charge on any atom is -0.465 e. The quantitative estimate of drug-likeness (QED) is 0.701. The third-order valence-corrected chi connectivity index (χ3v) is 2.99. The Morgan fingerprint density at radius 3 is 2.41 bits per heavy atom. The van der Waals surface area contributed by atoms with E-state index in [0.29, 0.717) is 22.0 Å². The Labute approximate surface area is 98.4 Å². The maximum Gasteiger partial charge on any atom is 0.340 e. The molecule has 4 heteroatoms. The zero-order valence-corrected chi connectivity index (χ0v) is 9.98. The highest BCUT2D eigenvalue weighted by molar-refractivity contribution is 6.05. The molecule has 0 radical (unpaired) electrons. The van der Waals surface area contributed by atoms with Crippen molar-refractivity contribution in [3.8, 4) is 0 Å². The summed E-state index contributed by atoms with van der Waals surface area (Å²) < 4.78 is 6.23. The fraction of sp³-hybridized carbons (Fsp3) is 0.231. The molecule has 4 nitrogen and oxygen atoms in total. The predicted molar refractivity (Wildman–Crippen MR) is 65.3 cm³/mol. The third kappa shape index (κ3) is 1.62. The summed E-state index contributed by atoms with van der Waals surface area (Å²) in [6, 6.07) is 7.05. The van der Waals surface area contributed by atoms with Crippen LogP contribution >= 0.6 is 0 Å². The second kappa shape index (κ2) is 4.05. The van der Waals surface area contributed by atoms with Gasteiger partial charge >= 0.3 is 5.97 Å². The lowest BCUT2D eigenvalue weighted by molar-refractivity contribution is 0.0601. The first kappa shape index (κ1) is 11.4. The van der Waals surface area contributed by atoms with Gasteiger partial charge in [0.1, 0.15) is 0 Å². The van der Waals surface area contributed by atoms with Crippen LogP contribution in [0.25, 0.3) is 10.8 Å². The summed E-state index contributed by atoms with van der Waals surface area (Å²) in [5.74, 6) is -0.422. The number of nitrogens with zero attached hydrogens (tertiary/aromatic N) is 1. The molecule has 0 amide bonds. The fourth-order valence-electron chi connectivity index (χ4n) is 1.94. The van der Waals surface area contributed by atoms with Crippen LogP contribution in [0, 0.1) is 6.92 Å². The molecule has 0 aliphatic carbocycles. The lowest BCUT2D eigenvalue weighted by Gasteiger charge is -2.12. The molecular formula is C13H13NO3. The van der Waals surface area contributed by atoms with Gasteiger partial charge in [-0.15, -0.1) is 0 Å². The molecule has 88 valence electrons. The summed E-state index contributed by atoms with van der Waals surface area (Å²) in [4.78, 5) is 23.8. The van der Waals surface area contributed by atoms with Gasteiger partial charge in [0.2, 0.25) is 0 Å². The lowest BCUT2D eigenvalue weighted by Crippen LogP contribution is -2.23. The Morgan fingerprint density at radius 2 is 1.82 bits per heavy atom. The second-order valence-electron chi connectivity index (χ2n) is 3.86. The lowest BCUT2D eigenvalue weighted by atomic mass is 10.0. The van der Waals surface area contributed by atoms with Crippen LogP contribution in [-0.4, -0.2) is 17.6 Å². The molecule has 0 N–H and O–H groups in total. The number of rotatable bonds is 1. The summed E-state index contributed by atoms with van der Waals surface area (Å²) in [5.41, 5.74) is 0.955. The Balaban J connectivity index is 3.01. The minimum absolute atomic E-state index is 0.106. The monoisotopic (exact) mass is 231 g/mol. The van der Waals surface area contributed by atoms with E-state index in [9.17, 15) is 9.59 Å². The zero-order valence-electron chi connectivity index (χ0n) is 9.98. The number of carbonyl (C=O) groups excluding carboxylic acids is 1. The van der Waals surface area contributed by atoms with Crippen LogP contribution in [0.1, 0.15) is 16.1 Å². The number of pyridine rings is 1. The molecular weight excluding hydrogens is 218 g/mol. The second-order valence-corrected chi connectivity index (χ2v) is 3.86. The van der Waals surface area contributed by atoms with Gasteiger partial charge in [0.15, 0.2) is 0 Å². The van der Waals surface area contributed by atoms with Crippen molar-refractivity contribution < 1.29 is 9.53 Å². The van der Waals surface area contributed by atoms with Crippen molar-refractivity contribution in [1.29, 1.82) is 0 Å². The first-order chi connectivity index (χ1) is 8.07. The van der Waals surface area contributed by atoms with Gasteiger partial charge in [-0.25, -0.2) is 4.79 Å². The average molecular weight is 231 g/mol. The van der Waals surface area contributed by atoms with Crippen LogP contribution in [0.4, 0.5) is 0 Å². The normalized spacial score (nSPS) is 10.5. The van der Waals surface area contributed by atoms with E-state index in [0.717, 1.165) is 0 Å². The van der Waals surface area contributed by atoms with Gasteiger partial charge in [0.05, 0.1) is 12.7 Å². The molecule has 2 rings (SSSR count). The van der Waals surface area contributed by atoms with Crippen molar-refractivity contribution in [2.24, 2.45) is 7.05 Å². The molecule has 0 aliphatic heterocycles. The molecule has 0 fully saturated rings. The number of benzene rings is 1. The fourth-order valence-corrected chi connectivity index (χ4v) is 1.94. The number of fused-ring (bicyclic) bond motifs is 1. The Morgan fingerprint density at radius 1 is 1.24 bits per heavy atom. The summed E-state index contributed by atoms with van der Waals surface area (Å²) in [6.07, 6.45) is 0. The van der Waals surface area contributed by atoms with Crippen LogP contribution in [0.2, 0.25) is 0 Å². The molecule has 1 aromatic heterocycles. The van der Waals surface area contributed by atoms with Crippen molar-refractivity contribution >= 4 is 16.7 Å². The van der Waals surface area contributed by atoms with Gasteiger partial charge in [-0.05, 0) is 13.0 Å². The topological polar surface area (TPSA) is 48.3 Å². The van der Waals surface area contributed by atoms with Crippen LogP contribution in [0.5, 0.6) is 0 Å². The zero-order chi connectivity index (χ0) is 12.6. The van der Waals surface area contributed by atoms with E-state index in [1.165, 1.54) is 11.7 Å². The van der Waals surface area contributed by atoms with Crippen LogP contribution in [-0.2, 0) is 11.8 Å². The molecule has 0 bridgehead atoms. The first-order valence-electron chi connectivity index (χ1n) is 5.24. The molecule has 0 saturated heterocycles. The van der Waals surface area contributed by atoms with Gasteiger partial charge in [0.25, 0.3) is 5.56 Å². The van der Waals surface area contributed by atoms with E-state index in [2.05, 4.69) is 0 Å². The van der Waals surface area contributed by atoms with Crippen LogP contribution in [0.3, 0.4) is 0 Å². The van der Waals surface area contributed by atoms with E-state index in [-0.39, 0.29) is 5.56 Å². The number of methoxy groups -OCH3 is 1. The van der Waals surface area contributed by atoms with E-state index in [1.54, 1.807) is 38.2 Å². The highest BCUT2D eigenvalue weighted by atomic mass is 16.5. The largest absolute Gasteiger partial charge is 0.465 e. The predicted octanol–water partition coefficient (Wildman–Crippen LogP) is 1.63. The Bertz CT molecular complexity index is 655. The standard InChI is InChI=1S/C13H13NO3/c1-8-11(13(16)17-3)9-6-4-5-7-10(9)12(15)14(8)2/h4-7H,1-3H3. The van der Waals surface area contributed by atoms with Gasteiger partial charge in [-0.2, -0.15) is 0 Å². The first-order valence-corrected chi connectivity index (χ1v) is 5.24. The number of ether oxygens (including phenoxy) is 1. The summed E-state index contributed by atoms with van der Waals surface area (Å²) in [5, 5.41) is 1.17. The molecule has 0 aliphatic rings. The summed E-state index contributed by atoms with van der Waals surface area (Å²) in [7, 11) is 2.98. The maximum absolute atomic E-state index is 12.0. The molecule has 1 heterocycles. The number of aromatic nitrogens is 1. The number of hydrogen-bond acceptors (Lipinski definition) is 3. The molecule has 17 heavy (non-hydrogen) atoms. The van der Waals surface area contributed by atoms with Crippen molar-refractivity contribution in [2.45, 2.75) is 6.92 Å². The van der Waals surface area contributed by atoms with E-state index in [4.69, 9.17) is 4.74 Å². The molecule has 0 unspecified atom stereocenters. The van der Waals surface area contributed by atoms with Crippen LogP contribution < -0.4 is 5.56 Å². The Kier molecular flexibility index (Phi) is 2.71. The highest BCUT2D eigenvalue weighted by Gasteiger charge is 2.17. The molecule has 0 spiro atoms. The number of carbonyl (C=O) groups is 1. The summed E-state index contributed by atoms with van der Waals surface area (Å²) in [6.45, 7) is 1.74. The van der Waals surface area contributed by atoms with E-state index < -0.39 is 5.97 Å². The van der Waals surface area contributed by atoms with Crippen LogP contribution in [0.15, 0.2) is 29.1 Å². The van der Waals surface area contributed by atoms with Crippen molar-refractivity contribution in [2.75, 3.05) is 7.11 Å². The number of hydrogen-bond donors (Lipinski definition) is 0. The molecule has 0 atom stereocenters. The van der Waals surface area contributed by atoms with Crippen molar-refractivity contribution in [1.82, 2.24) is 4.57 Å². The van der Waals surface area contributed by atoms with Crippen molar-refractivity contribution in [3.63, 3.8) is 0 Å². The number of esters is 1. The van der Waals surface area contributed by atoms with Gasteiger partial charge in [0, 0.05) is 23.5 Å². The molecule has 2 aromatic rings. The third-order valence-electron chi connectivity index (χ3n) is 2.99. The smallest absolute Gasteiger partial charge is 0.340 e. The van der Waals surface area contributed by atoms with Crippen molar-refractivity contribution in [3.05, 3.63) is 45.9 Å². The maximum atomic E-state index is 12.0. The van der Waals surface area contributed by atoms with E-state index in [1.807, 2.05) is 0 Å². The summed E-state index contributed by atoms with van der Waals surface area (Å²) >= 11 is 0.